The first-order valence-electron chi connectivity index (χ1n) is 8.93. The summed E-state index contributed by atoms with van der Waals surface area (Å²) in [5.41, 5.74) is 3.57. The fourth-order valence-corrected chi connectivity index (χ4v) is 3.80. The SMILES string of the molecule is CCC(=O)N1c2ccc(-c3csc(NC(=O)C(C)(C)C)n3)cc2C[C@H]1C. The Morgan fingerprint density at radius 2 is 2.08 bits per heavy atom. The van der Waals surface area contributed by atoms with Crippen LogP contribution in [0.1, 0.15) is 46.6 Å². The van der Waals surface area contributed by atoms with E-state index in [0.717, 1.165) is 23.4 Å². The summed E-state index contributed by atoms with van der Waals surface area (Å²) < 4.78 is 0. The summed E-state index contributed by atoms with van der Waals surface area (Å²) in [6.07, 6.45) is 1.36. The molecular formula is C20H25N3O2S. The van der Waals surface area contributed by atoms with Gasteiger partial charge in [0.05, 0.1) is 5.69 Å². The Morgan fingerprint density at radius 3 is 2.73 bits per heavy atom. The molecule has 1 N–H and O–H groups in total. The Kier molecular flexibility index (Phi) is 4.88. The van der Waals surface area contributed by atoms with Crippen LogP contribution in [0.5, 0.6) is 0 Å². The maximum absolute atomic E-state index is 12.2. The minimum Gasteiger partial charge on any atom is -0.309 e. The van der Waals surface area contributed by atoms with Crippen LogP contribution in [0.25, 0.3) is 11.3 Å². The number of hydrogen-bond donors (Lipinski definition) is 1. The van der Waals surface area contributed by atoms with Crippen LogP contribution in [0.2, 0.25) is 0 Å². The van der Waals surface area contributed by atoms with Crippen molar-refractivity contribution in [2.24, 2.45) is 5.41 Å². The van der Waals surface area contributed by atoms with E-state index in [1.165, 1.54) is 16.9 Å². The number of anilines is 2. The van der Waals surface area contributed by atoms with E-state index in [2.05, 4.69) is 23.3 Å². The topological polar surface area (TPSA) is 62.3 Å². The lowest BCUT2D eigenvalue weighted by molar-refractivity contribution is -0.123. The molecule has 1 aromatic carbocycles. The van der Waals surface area contributed by atoms with Crippen LogP contribution in [-0.4, -0.2) is 22.8 Å². The van der Waals surface area contributed by atoms with Crippen molar-refractivity contribution >= 4 is 34.0 Å². The quantitative estimate of drug-likeness (QED) is 0.865. The second kappa shape index (κ2) is 6.83. The van der Waals surface area contributed by atoms with Gasteiger partial charge in [0.15, 0.2) is 5.13 Å². The van der Waals surface area contributed by atoms with E-state index in [1.54, 1.807) is 0 Å². The summed E-state index contributed by atoms with van der Waals surface area (Å²) in [7, 11) is 0. The largest absolute Gasteiger partial charge is 0.309 e. The number of nitrogens with zero attached hydrogens (tertiary/aromatic N) is 2. The van der Waals surface area contributed by atoms with Crippen LogP contribution < -0.4 is 10.2 Å². The summed E-state index contributed by atoms with van der Waals surface area (Å²) in [5, 5.41) is 5.44. The molecule has 138 valence electrons. The molecule has 2 aromatic rings. The van der Waals surface area contributed by atoms with Gasteiger partial charge in [0.1, 0.15) is 0 Å². The highest BCUT2D eigenvalue weighted by Crippen LogP contribution is 2.36. The average molecular weight is 372 g/mol. The van der Waals surface area contributed by atoms with Crippen molar-refractivity contribution in [1.82, 2.24) is 4.98 Å². The fourth-order valence-electron chi connectivity index (χ4n) is 3.09. The van der Waals surface area contributed by atoms with Crippen LogP contribution in [0.3, 0.4) is 0 Å². The Balaban J connectivity index is 1.84. The predicted molar refractivity (Wildman–Crippen MR) is 107 cm³/mol. The number of nitrogens with one attached hydrogen (secondary N) is 1. The highest BCUT2D eigenvalue weighted by Gasteiger charge is 2.30. The van der Waals surface area contributed by atoms with E-state index in [9.17, 15) is 9.59 Å². The minimum atomic E-state index is -0.454. The van der Waals surface area contributed by atoms with Gasteiger partial charge in [0, 0.05) is 34.5 Å². The van der Waals surface area contributed by atoms with Crippen molar-refractivity contribution in [2.45, 2.75) is 53.5 Å². The molecular weight excluding hydrogens is 346 g/mol. The molecule has 26 heavy (non-hydrogen) atoms. The Morgan fingerprint density at radius 1 is 1.35 bits per heavy atom. The molecule has 2 heterocycles. The first kappa shape index (κ1) is 18.6. The summed E-state index contributed by atoms with van der Waals surface area (Å²) >= 11 is 1.42. The summed E-state index contributed by atoms with van der Waals surface area (Å²) in [4.78, 5) is 30.8. The third-order valence-corrected chi connectivity index (χ3v) is 5.33. The van der Waals surface area contributed by atoms with E-state index in [-0.39, 0.29) is 17.9 Å². The van der Waals surface area contributed by atoms with Gasteiger partial charge >= 0.3 is 0 Å². The second-order valence-corrected chi connectivity index (χ2v) is 8.61. The Labute approximate surface area is 158 Å². The molecule has 0 radical (unpaired) electrons. The molecule has 0 saturated carbocycles. The zero-order chi connectivity index (χ0) is 19.1. The van der Waals surface area contributed by atoms with Crippen molar-refractivity contribution < 1.29 is 9.59 Å². The lowest BCUT2D eigenvalue weighted by Crippen LogP contribution is -2.35. The maximum Gasteiger partial charge on any atom is 0.231 e. The molecule has 6 heteroatoms. The van der Waals surface area contributed by atoms with Crippen LogP contribution >= 0.6 is 11.3 Å². The summed E-state index contributed by atoms with van der Waals surface area (Å²) in [6, 6.07) is 6.30. The maximum atomic E-state index is 12.2. The molecule has 0 fully saturated rings. The second-order valence-electron chi connectivity index (χ2n) is 7.76. The average Bonchev–Trinajstić information content (AvgIpc) is 3.16. The van der Waals surface area contributed by atoms with E-state index >= 15 is 0 Å². The van der Waals surface area contributed by atoms with Crippen LogP contribution in [0, 0.1) is 5.41 Å². The highest BCUT2D eigenvalue weighted by molar-refractivity contribution is 7.14. The monoisotopic (exact) mass is 371 g/mol. The summed E-state index contributed by atoms with van der Waals surface area (Å²) in [5.74, 6) is 0.111. The van der Waals surface area contributed by atoms with Gasteiger partial charge in [-0.25, -0.2) is 4.98 Å². The van der Waals surface area contributed by atoms with Gasteiger partial charge < -0.3 is 10.2 Å². The molecule has 3 rings (SSSR count). The molecule has 1 aromatic heterocycles. The molecule has 5 nitrogen and oxygen atoms in total. The van der Waals surface area contributed by atoms with Crippen molar-refractivity contribution in [3.8, 4) is 11.3 Å². The zero-order valence-corrected chi connectivity index (χ0v) is 16.7. The number of benzene rings is 1. The van der Waals surface area contributed by atoms with E-state index in [1.807, 2.05) is 50.1 Å². The lowest BCUT2D eigenvalue weighted by Gasteiger charge is -2.22. The van der Waals surface area contributed by atoms with Crippen molar-refractivity contribution in [1.29, 1.82) is 0 Å². The highest BCUT2D eigenvalue weighted by atomic mass is 32.1. The van der Waals surface area contributed by atoms with Gasteiger partial charge in [-0.15, -0.1) is 11.3 Å². The first-order valence-corrected chi connectivity index (χ1v) is 9.81. The number of hydrogen-bond acceptors (Lipinski definition) is 4. The van der Waals surface area contributed by atoms with E-state index < -0.39 is 5.41 Å². The number of carbonyl (C=O) groups is 2. The third-order valence-electron chi connectivity index (χ3n) is 4.57. The normalized spacial score (nSPS) is 16.5. The van der Waals surface area contributed by atoms with Crippen LogP contribution in [0.4, 0.5) is 10.8 Å². The fraction of sp³-hybridized carbons (Fsp3) is 0.450. The number of carbonyl (C=O) groups excluding carboxylic acids is 2. The Hall–Kier alpha value is -2.21. The molecule has 0 spiro atoms. The number of amides is 2. The molecule has 1 aliphatic heterocycles. The molecule has 0 aliphatic carbocycles. The predicted octanol–water partition coefficient (Wildman–Crippen LogP) is 4.48. The van der Waals surface area contributed by atoms with Gasteiger partial charge in [-0.3, -0.25) is 9.59 Å². The van der Waals surface area contributed by atoms with Crippen molar-refractivity contribution in [3.05, 3.63) is 29.1 Å². The van der Waals surface area contributed by atoms with E-state index in [0.29, 0.717) is 11.6 Å². The number of rotatable bonds is 3. The number of fused-ring (bicyclic) bond motifs is 1. The van der Waals surface area contributed by atoms with Crippen LogP contribution in [-0.2, 0) is 16.0 Å². The number of aromatic nitrogens is 1. The molecule has 0 saturated heterocycles. The van der Waals surface area contributed by atoms with Gasteiger partial charge in [0.25, 0.3) is 0 Å². The smallest absolute Gasteiger partial charge is 0.231 e. The lowest BCUT2D eigenvalue weighted by atomic mass is 9.96. The van der Waals surface area contributed by atoms with Gasteiger partial charge in [-0.1, -0.05) is 33.8 Å². The van der Waals surface area contributed by atoms with E-state index in [4.69, 9.17) is 0 Å². The molecule has 1 aliphatic rings. The molecule has 0 bridgehead atoms. The molecule has 0 unspecified atom stereocenters. The number of thiazole rings is 1. The third kappa shape index (κ3) is 3.51. The van der Waals surface area contributed by atoms with Gasteiger partial charge in [-0.2, -0.15) is 0 Å². The minimum absolute atomic E-state index is 0.0464. The van der Waals surface area contributed by atoms with Crippen molar-refractivity contribution in [3.63, 3.8) is 0 Å². The Bertz CT molecular complexity index is 851. The van der Waals surface area contributed by atoms with Crippen LogP contribution in [0.15, 0.2) is 23.6 Å². The summed E-state index contributed by atoms with van der Waals surface area (Å²) in [6.45, 7) is 9.60. The van der Waals surface area contributed by atoms with Gasteiger partial charge in [-0.05, 0) is 31.0 Å². The first-order chi connectivity index (χ1) is 12.2. The molecule has 1 atom stereocenters. The zero-order valence-electron chi connectivity index (χ0n) is 15.9. The van der Waals surface area contributed by atoms with Crippen molar-refractivity contribution in [2.75, 3.05) is 10.2 Å². The standard InChI is InChI=1S/C20H25N3O2S/c1-6-17(24)23-12(2)9-14-10-13(7-8-16(14)23)15-11-26-19(21-15)22-18(25)20(3,4)5/h7-8,10-12H,6,9H2,1-5H3,(H,21,22,25)/t12-/m1/s1. The molecule has 2 amide bonds. The van der Waals surface area contributed by atoms with Gasteiger partial charge in [0.2, 0.25) is 11.8 Å².